The summed E-state index contributed by atoms with van der Waals surface area (Å²) in [5.74, 6) is -0.710. The molecule has 0 saturated carbocycles. The van der Waals surface area contributed by atoms with Gasteiger partial charge in [-0.2, -0.15) is 0 Å². The zero-order valence-electron chi connectivity index (χ0n) is 23.4. The summed E-state index contributed by atoms with van der Waals surface area (Å²) < 4.78 is 21.0. The van der Waals surface area contributed by atoms with Gasteiger partial charge in [-0.15, -0.1) is 0 Å². The lowest BCUT2D eigenvalue weighted by Crippen LogP contribution is -2.47. The summed E-state index contributed by atoms with van der Waals surface area (Å²) in [5.41, 5.74) is 6.22. The van der Waals surface area contributed by atoms with E-state index in [0.29, 0.717) is 5.03 Å². The Morgan fingerprint density at radius 1 is 1.15 bits per heavy atom. The molecule has 0 saturated heterocycles. The summed E-state index contributed by atoms with van der Waals surface area (Å²) in [5, 5.41) is 16.1. The van der Waals surface area contributed by atoms with Gasteiger partial charge in [0.05, 0.1) is 25.8 Å². The van der Waals surface area contributed by atoms with Crippen LogP contribution in [0.4, 0.5) is 0 Å². The molecule has 0 radical (unpaired) electrons. The number of halogens is 1. The van der Waals surface area contributed by atoms with E-state index >= 15 is 0 Å². The molecule has 0 fully saturated rings. The van der Waals surface area contributed by atoms with Crippen molar-refractivity contribution < 1.29 is 33.4 Å². The van der Waals surface area contributed by atoms with Crippen LogP contribution in [0.1, 0.15) is 48.0 Å². The Bertz CT molecular complexity index is 1350. The smallest absolute Gasteiger partial charge is 0.336 e. The maximum Gasteiger partial charge on any atom is 0.336 e. The molecule has 0 aliphatic rings. The summed E-state index contributed by atoms with van der Waals surface area (Å²) in [6.45, 7) is 9.09. The van der Waals surface area contributed by atoms with Gasteiger partial charge < -0.3 is 23.8 Å². The fourth-order valence-corrected chi connectivity index (χ4v) is 3.83. The second-order valence-corrected chi connectivity index (χ2v) is 9.95. The SMILES string of the molecule is C=C(Cl)/C=C(\C)c1ccc(CN(C[C@@H](O)C(=O)OC(C)C)NC(=O)c2cc(OCc3ccc(OC)cc3)no2)cc1. The van der Waals surface area contributed by atoms with Crippen LogP contribution in [0.15, 0.2) is 76.8 Å². The number of aliphatic hydroxyl groups is 1. The van der Waals surface area contributed by atoms with Gasteiger partial charge >= 0.3 is 11.9 Å². The van der Waals surface area contributed by atoms with Crippen molar-refractivity contribution in [1.29, 1.82) is 0 Å². The molecule has 0 bridgehead atoms. The number of carbonyl (C=O) groups excluding carboxylic acids is 2. The highest BCUT2D eigenvalue weighted by atomic mass is 35.5. The first-order valence-corrected chi connectivity index (χ1v) is 13.2. The van der Waals surface area contributed by atoms with Gasteiger partial charge in [0.15, 0.2) is 6.10 Å². The summed E-state index contributed by atoms with van der Waals surface area (Å²) >= 11 is 5.88. The second kappa shape index (κ2) is 15.0. The quantitative estimate of drug-likeness (QED) is 0.155. The normalized spacial score (nSPS) is 12.2. The van der Waals surface area contributed by atoms with E-state index < -0.39 is 24.1 Å². The fourth-order valence-electron chi connectivity index (χ4n) is 3.67. The zero-order valence-corrected chi connectivity index (χ0v) is 24.2. The third-order valence-corrected chi connectivity index (χ3v) is 5.80. The Hall–Kier alpha value is -4.12. The van der Waals surface area contributed by atoms with Gasteiger partial charge in [0, 0.05) is 11.6 Å². The lowest BCUT2D eigenvalue weighted by Gasteiger charge is -2.25. The third-order valence-electron chi connectivity index (χ3n) is 5.69. The van der Waals surface area contributed by atoms with Crippen molar-refractivity contribution in [2.75, 3.05) is 13.7 Å². The lowest BCUT2D eigenvalue weighted by atomic mass is 10.0. The van der Waals surface area contributed by atoms with Crippen LogP contribution in [0, 0.1) is 0 Å². The second-order valence-electron chi connectivity index (χ2n) is 9.46. The molecule has 0 unspecified atom stereocenters. The van der Waals surface area contributed by atoms with Crippen molar-refractivity contribution in [3.05, 3.63) is 94.7 Å². The molecule has 1 amide bonds. The van der Waals surface area contributed by atoms with Crippen LogP contribution >= 0.6 is 11.6 Å². The number of methoxy groups -OCH3 is 1. The van der Waals surface area contributed by atoms with Crippen LogP contribution in [0.2, 0.25) is 0 Å². The molecule has 218 valence electrons. The Labute approximate surface area is 244 Å². The van der Waals surface area contributed by atoms with E-state index in [4.69, 9.17) is 30.3 Å². The van der Waals surface area contributed by atoms with Gasteiger partial charge in [-0.25, -0.2) is 9.80 Å². The molecule has 2 aromatic carbocycles. The van der Waals surface area contributed by atoms with Crippen LogP contribution in [-0.4, -0.2) is 53.0 Å². The highest BCUT2D eigenvalue weighted by Gasteiger charge is 2.24. The van der Waals surface area contributed by atoms with Gasteiger partial charge in [-0.3, -0.25) is 10.2 Å². The Kier molecular flexibility index (Phi) is 11.5. The van der Waals surface area contributed by atoms with E-state index in [-0.39, 0.29) is 31.3 Å². The Morgan fingerprint density at radius 2 is 1.80 bits per heavy atom. The highest BCUT2D eigenvalue weighted by molar-refractivity contribution is 6.31. The van der Waals surface area contributed by atoms with E-state index in [9.17, 15) is 14.7 Å². The molecule has 0 aliphatic heterocycles. The monoisotopic (exact) mass is 583 g/mol. The molecule has 2 N–H and O–H groups in total. The minimum atomic E-state index is -1.50. The number of allylic oxidation sites excluding steroid dienone is 3. The van der Waals surface area contributed by atoms with E-state index in [2.05, 4.69) is 17.2 Å². The molecule has 1 atom stereocenters. The molecule has 0 aliphatic carbocycles. The molecular weight excluding hydrogens is 550 g/mol. The fraction of sp³-hybridized carbons (Fsp3) is 0.300. The molecule has 1 aromatic heterocycles. The first-order valence-electron chi connectivity index (χ1n) is 12.8. The average molecular weight is 584 g/mol. The topological polar surface area (TPSA) is 123 Å². The first-order chi connectivity index (χ1) is 19.5. The van der Waals surface area contributed by atoms with Crippen molar-refractivity contribution in [1.82, 2.24) is 15.6 Å². The van der Waals surface area contributed by atoms with Gasteiger partial charge in [0.25, 0.3) is 5.88 Å². The van der Waals surface area contributed by atoms with E-state index in [1.165, 1.54) is 11.1 Å². The number of ether oxygens (including phenoxy) is 3. The van der Waals surface area contributed by atoms with Gasteiger partial charge in [0.2, 0.25) is 5.76 Å². The van der Waals surface area contributed by atoms with Crippen LogP contribution < -0.4 is 14.9 Å². The number of rotatable bonds is 14. The number of hydrogen-bond acceptors (Lipinski definition) is 9. The number of nitrogens with zero attached hydrogens (tertiary/aromatic N) is 2. The van der Waals surface area contributed by atoms with Crippen LogP contribution in [0.3, 0.4) is 0 Å². The lowest BCUT2D eigenvalue weighted by molar-refractivity contribution is -0.158. The summed E-state index contributed by atoms with van der Waals surface area (Å²) in [7, 11) is 1.59. The number of esters is 1. The van der Waals surface area contributed by atoms with Crippen LogP contribution in [-0.2, 0) is 22.7 Å². The number of carbonyl (C=O) groups is 2. The minimum absolute atomic E-state index is 0.114. The predicted molar refractivity (Wildman–Crippen MR) is 154 cm³/mol. The van der Waals surface area contributed by atoms with E-state index in [1.807, 2.05) is 55.5 Å². The number of nitrogens with one attached hydrogen (secondary N) is 1. The molecule has 3 rings (SSSR count). The third kappa shape index (κ3) is 10.1. The van der Waals surface area contributed by atoms with Crippen molar-refractivity contribution in [3.63, 3.8) is 0 Å². The zero-order chi connectivity index (χ0) is 29.9. The average Bonchev–Trinajstić information content (AvgIpc) is 3.41. The highest BCUT2D eigenvalue weighted by Crippen LogP contribution is 2.19. The van der Waals surface area contributed by atoms with Crippen molar-refractivity contribution in [2.45, 2.75) is 46.1 Å². The maximum absolute atomic E-state index is 13.0. The van der Waals surface area contributed by atoms with Gasteiger partial charge in [-0.1, -0.05) is 54.6 Å². The van der Waals surface area contributed by atoms with Gasteiger partial charge in [0.1, 0.15) is 12.4 Å². The Morgan fingerprint density at radius 3 is 2.41 bits per heavy atom. The molecule has 10 nitrogen and oxygen atoms in total. The molecule has 11 heteroatoms. The number of hydrogen-bond donors (Lipinski definition) is 2. The van der Waals surface area contributed by atoms with E-state index in [1.54, 1.807) is 27.0 Å². The van der Waals surface area contributed by atoms with Crippen LogP contribution in [0.5, 0.6) is 11.6 Å². The number of hydrazine groups is 1. The largest absolute Gasteiger partial charge is 0.497 e. The molecule has 1 heterocycles. The Balaban J connectivity index is 1.69. The van der Waals surface area contributed by atoms with Gasteiger partial charge in [-0.05, 0) is 66.4 Å². The van der Waals surface area contributed by atoms with Crippen molar-refractivity contribution >= 4 is 29.1 Å². The van der Waals surface area contributed by atoms with Crippen LogP contribution in [0.25, 0.3) is 5.57 Å². The number of aromatic nitrogens is 1. The molecular formula is C30H34ClN3O7. The standard InChI is InChI=1S/C30H34ClN3O7/c1-19(2)40-30(37)26(35)17-34(16-22-6-10-24(11-7-22)20(3)14-21(4)31)32-29(36)27-15-28(33-41-27)39-18-23-8-12-25(38-5)13-9-23/h6-15,19,26,35H,4,16-18H2,1-3,5H3,(H,32,36)/b20-14+/t26-/m1/s1. The summed E-state index contributed by atoms with van der Waals surface area (Å²) in [4.78, 5) is 25.2. The first kappa shape index (κ1) is 31.4. The summed E-state index contributed by atoms with van der Waals surface area (Å²) in [6, 6.07) is 16.2. The number of aliphatic hydroxyl groups excluding tert-OH is 1. The summed E-state index contributed by atoms with van der Waals surface area (Å²) in [6.07, 6.45) is -0.153. The molecule has 41 heavy (non-hydrogen) atoms. The predicted octanol–water partition coefficient (Wildman–Crippen LogP) is 4.88. The molecule has 3 aromatic rings. The number of benzene rings is 2. The number of amides is 1. The molecule has 0 spiro atoms. The van der Waals surface area contributed by atoms with Crippen molar-refractivity contribution in [3.8, 4) is 11.6 Å². The van der Waals surface area contributed by atoms with E-state index in [0.717, 1.165) is 28.0 Å². The minimum Gasteiger partial charge on any atom is -0.497 e. The van der Waals surface area contributed by atoms with Crippen molar-refractivity contribution in [2.24, 2.45) is 0 Å². The maximum atomic E-state index is 13.0.